The number of methoxy groups -OCH3 is 1. The zero-order chi connectivity index (χ0) is 19.0. The summed E-state index contributed by atoms with van der Waals surface area (Å²) in [6.07, 6.45) is 0. The molecule has 0 fully saturated rings. The highest BCUT2D eigenvalue weighted by Gasteiger charge is 2.12. The summed E-state index contributed by atoms with van der Waals surface area (Å²) in [6, 6.07) is 18.0. The van der Waals surface area contributed by atoms with Crippen LogP contribution < -0.4 is 10.4 Å². The number of nitrogens with zero attached hydrogens (tertiary/aromatic N) is 1. The minimum atomic E-state index is -0.337. The summed E-state index contributed by atoms with van der Waals surface area (Å²) in [5, 5.41) is 0. The lowest BCUT2D eigenvalue weighted by atomic mass is 10.0. The van der Waals surface area contributed by atoms with Gasteiger partial charge in [-0.3, -0.25) is 4.57 Å². The first-order valence-electron chi connectivity index (χ1n) is 8.68. The smallest absolute Gasteiger partial charge is 0.326 e. The Hall–Kier alpha value is -3.34. The van der Waals surface area contributed by atoms with Gasteiger partial charge in [0, 0.05) is 5.56 Å². The molecule has 4 rings (SSSR count). The first-order valence-corrected chi connectivity index (χ1v) is 8.68. The molecule has 5 heteroatoms. The first-order chi connectivity index (χ1) is 13.1. The highest BCUT2D eigenvalue weighted by atomic mass is 19.1. The van der Waals surface area contributed by atoms with Gasteiger partial charge in [-0.2, -0.15) is 0 Å². The molecule has 0 aliphatic carbocycles. The molecule has 0 radical (unpaired) electrons. The van der Waals surface area contributed by atoms with Crippen molar-refractivity contribution in [2.45, 2.75) is 13.5 Å². The van der Waals surface area contributed by atoms with Gasteiger partial charge < -0.3 is 9.72 Å². The number of ether oxygens (including phenoxy) is 1. The summed E-state index contributed by atoms with van der Waals surface area (Å²) in [6.45, 7) is 2.53. The van der Waals surface area contributed by atoms with E-state index in [-0.39, 0.29) is 11.5 Å². The van der Waals surface area contributed by atoms with Crippen LogP contribution in [0.3, 0.4) is 0 Å². The van der Waals surface area contributed by atoms with Crippen LogP contribution in [0.4, 0.5) is 4.39 Å². The summed E-state index contributed by atoms with van der Waals surface area (Å²) >= 11 is 0. The molecule has 0 amide bonds. The van der Waals surface area contributed by atoms with Gasteiger partial charge in [-0.25, -0.2) is 9.18 Å². The Morgan fingerprint density at radius 1 is 1.07 bits per heavy atom. The van der Waals surface area contributed by atoms with E-state index in [4.69, 9.17) is 4.74 Å². The Morgan fingerprint density at radius 3 is 2.67 bits per heavy atom. The van der Waals surface area contributed by atoms with Gasteiger partial charge in [0.1, 0.15) is 11.6 Å². The van der Waals surface area contributed by atoms with E-state index in [0.29, 0.717) is 23.4 Å². The maximum absolute atomic E-state index is 13.7. The monoisotopic (exact) mass is 362 g/mol. The molecule has 0 aliphatic rings. The van der Waals surface area contributed by atoms with Crippen molar-refractivity contribution >= 4 is 11.0 Å². The fraction of sp³-hybridized carbons (Fsp3) is 0.136. The Balaban J connectivity index is 1.81. The SMILES string of the molecule is COc1ccc(F)cc1-c1ccc2c(c1)[nH]c(=O)n2Cc1ccccc1C. The Bertz CT molecular complexity index is 1190. The van der Waals surface area contributed by atoms with Gasteiger partial charge in [0.2, 0.25) is 0 Å². The molecule has 0 spiro atoms. The summed E-state index contributed by atoms with van der Waals surface area (Å²) in [4.78, 5) is 15.4. The van der Waals surface area contributed by atoms with Gasteiger partial charge in [-0.1, -0.05) is 30.3 Å². The zero-order valence-electron chi connectivity index (χ0n) is 15.1. The first kappa shape index (κ1) is 17.1. The van der Waals surface area contributed by atoms with Gasteiger partial charge in [0.15, 0.2) is 0 Å². The highest BCUT2D eigenvalue weighted by Crippen LogP contribution is 2.32. The van der Waals surface area contributed by atoms with Gasteiger partial charge >= 0.3 is 5.69 Å². The molecule has 0 aliphatic heterocycles. The molecule has 0 bridgehead atoms. The lowest BCUT2D eigenvalue weighted by molar-refractivity contribution is 0.415. The number of hydrogen-bond donors (Lipinski definition) is 1. The van der Waals surface area contributed by atoms with Crippen molar-refractivity contribution in [2.24, 2.45) is 0 Å². The van der Waals surface area contributed by atoms with Gasteiger partial charge in [-0.15, -0.1) is 0 Å². The topological polar surface area (TPSA) is 47.0 Å². The van der Waals surface area contributed by atoms with Crippen molar-refractivity contribution in [3.8, 4) is 16.9 Å². The van der Waals surface area contributed by atoms with Crippen molar-refractivity contribution in [2.75, 3.05) is 7.11 Å². The van der Waals surface area contributed by atoms with Crippen molar-refractivity contribution in [3.63, 3.8) is 0 Å². The maximum atomic E-state index is 13.7. The Kier molecular flexibility index (Phi) is 4.28. The average molecular weight is 362 g/mol. The second-order valence-corrected chi connectivity index (χ2v) is 6.52. The third-order valence-corrected chi connectivity index (χ3v) is 4.84. The fourth-order valence-electron chi connectivity index (χ4n) is 3.35. The highest BCUT2D eigenvalue weighted by molar-refractivity contribution is 5.83. The van der Waals surface area contributed by atoms with Crippen molar-refractivity contribution in [3.05, 3.63) is 88.1 Å². The third kappa shape index (κ3) is 3.12. The number of halogens is 1. The van der Waals surface area contributed by atoms with Crippen LogP contribution in [0.1, 0.15) is 11.1 Å². The van der Waals surface area contributed by atoms with Gasteiger partial charge in [-0.05, 0) is 53.9 Å². The van der Waals surface area contributed by atoms with Crippen LogP contribution in [0.25, 0.3) is 22.2 Å². The van der Waals surface area contributed by atoms with Crippen molar-refractivity contribution < 1.29 is 9.13 Å². The number of aromatic nitrogens is 2. The quantitative estimate of drug-likeness (QED) is 0.581. The summed E-state index contributed by atoms with van der Waals surface area (Å²) in [5.74, 6) is 0.244. The van der Waals surface area contributed by atoms with Crippen LogP contribution in [-0.2, 0) is 6.54 Å². The number of benzene rings is 3. The number of H-pyrrole nitrogens is 1. The van der Waals surface area contributed by atoms with E-state index >= 15 is 0 Å². The van der Waals surface area contributed by atoms with Crippen LogP contribution >= 0.6 is 0 Å². The average Bonchev–Trinajstić information content (AvgIpc) is 2.98. The Morgan fingerprint density at radius 2 is 1.89 bits per heavy atom. The number of fused-ring (bicyclic) bond motifs is 1. The normalized spacial score (nSPS) is 11.1. The molecular formula is C22H19FN2O2. The molecule has 136 valence electrons. The summed E-state index contributed by atoms with van der Waals surface area (Å²) in [5.41, 5.74) is 5.00. The second kappa shape index (κ2) is 6.76. The van der Waals surface area contributed by atoms with E-state index in [1.807, 2.05) is 49.4 Å². The van der Waals surface area contributed by atoms with Crippen LogP contribution in [0.5, 0.6) is 5.75 Å². The number of hydrogen-bond acceptors (Lipinski definition) is 2. The molecule has 1 heterocycles. The standard InChI is InChI=1S/C22H19FN2O2/c1-14-5-3-4-6-16(14)13-25-20-9-7-15(11-19(20)24-22(25)26)18-12-17(23)8-10-21(18)27-2/h3-12H,13H2,1-2H3,(H,24,26). The van der Waals surface area contributed by atoms with E-state index in [9.17, 15) is 9.18 Å². The molecule has 1 N–H and O–H groups in total. The van der Waals surface area contributed by atoms with E-state index in [1.54, 1.807) is 17.7 Å². The van der Waals surface area contributed by atoms with Crippen molar-refractivity contribution in [1.82, 2.24) is 9.55 Å². The number of aromatic amines is 1. The molecule has 3 aromatic carbocycles. The van der Waals surface area contributed by atoms with Crippen LogP contribution in [-0.4, -0.2) is 16.7 Å². The molecule has 0 saturated carbocycles. The molecule has 1 aromatic heterocycles. The van der Waals surface area contributed by atoms with Crippen LogP contribution in [0.2, 0.25) is 0 Å². The molecule has 4 nitrogen and oxygen atoms in total. The second-order valence-electron chi connectivity index (χ2n) is 6.52. The largest absolute Gasteiger partial charge is 0.496 e. The maximum Gasteiger partial charge on any atom is 0.326 e. The van der Waals surface area contributed by atoms with E-state index < -0.39 is 0 Å². The van der Waals surface area contributed by atoms with Gasteiger partial charge in [0.05, 0.1) is 24.7 Å². The minimum Gasteiger partial charge on any atom is -0.496 e. The van der Waals surface area contributed by atoms with Crippen LogP contribution in [0, 0.1) is 12.7 Å². The Labute approximate surface area is 155 Å². The third-order valence-electron chi connectivity index (χ3n) is 4.84. The number of nitrogens with one attached hydrogen (secondary N) is 1. The molecule has 0 unspecified atom stereocenters. The van der Waals surface area contributed by atoms with E-state index in [0.717, 1.165) is 22.2 Å². The van der Waals surface area contributed by atoms with Crippen molar-refractivity contribution in [1.29, 1.82) is 0 Å². The predicted molar refractivity (Wildman–Crippen MR) is 105 cm³/mol. The fourth-order valence-corrected chi connectivity index (χ4v) is 3.35. The minimum absolute atomic E-state index is 0.170. The number of rotatable bonds is 4. The molecule has 27 heavy (non-hydrogen) atoms. The zero-order valence-corrected chi connectivity index (χ0v) is 15.1. The number of aryl methyl sites for hydroxylation is 1. The number of imidazole rings is 1. The van der Waals surface area contributed by atoms with E-state index in [1.165, 1.54) is 12.1 Å². The van der Waals surface area contributed by atoms with Crippen LogP contribution in [0.15, 0.2) is 65.5 Å². The summed E-state index contributed by atoms with van der Waals surface area (Å²) < 4.78 is 20.8. The summed E-state index contributed by atoms with van der Waals surface area (Å²) in [7, 11) is 1.55. The molecule has 4 aromatic rings. The lowest BCUT2D eigenvalue weighted by Gasteiger charge is -2.10. The van der Waals surface area contributed by atoms with Gasteiger partial charge in [0.25, 0.3) is 0 Å². The lowest BCUT2D eigenvalue weighted by Crippen LogP contribution is -2.17. The van der Waals surface area contributed by atoms with E-state index in [2.05, 4.69) is 4.98 Å². The molecule has 0 saturated heterocycles. The molecule has 0 atom stereocenters. The predicted octanol–water partition coefficient (Wildman–Crippen LogP) is 4.50. The molecular weight excluding hydrogens is 343 g/mol.